The van der Waals surface area contributed by atoms with Crippen LogP contribution in [0.15, 0.2) is 102 Å². The van der Waals surface area contributed by atoms with E-state index in [1.807, 2.05) is 24.3 Å². The highest BCUT2D eigenvalue weighted by Gasteiger charge is 2.30. The number of nitro groups is 1. The predicted molar refractivity (Wildman–Crippen MR) is 171 cm³/mol. The first-order valence-corrected chi connectivity index (χ1v) is 16.6. The topological polar surface area (TPSA) is 110 Å². The van der Waals surface area contributed by atoms with Gasteiger partial charge < -0.3 is 14.5 Å². The average Bonchev–Trinajstić information content (AvgIpc) is 3.05. The van der Waals surface area contributed by atoms with Crippen molar-refractivity contribution in [3.8, 4) is 0 Å². The SMILES string of the molecule is C=CCN(C(=O)OCc1ccc([N+](=O)[O-])cc1)C1CCN(CC[C@H](C[C@H](C)S(=O)(=O)c2ccccc2)c2ccccc2)CC1. The van der Waals surface area contributed by atoms with Crippen molar-refractivity contribution < 1.29 is 22.9 Å². The van der Waals surface area contributed by atoms with Crippen molar-refractivity contribution in [3.05, 3.63) is 119 Å². The van der Waals surface area contributed by atoms with Crippen LogP contribution in [-0.2, 0) is 21.2 Å². The average molecular weight is 620 g/mol. The number of sulfone groups is 1. The van der Waals surface area contributed by atoms with E-state index < -0.39 is 26.1 Å². The van der Waals surface area contributed by atoms with Gasteiger partial charge in [-0.1, -0.05) is 54.6 Å². The monoisotopic (exact) mass is 619 g/mol. The predicted octanol–water partition coefficient (Wildman–Crippen LogP) is 6.61. The number of hydrogen-bond donors (Lipinski definition) is 0. The second-order valence-corrected chi connectivity index (χ2v) is 13.7. The number of nitrogens with zero attached hydrogens (tertiary/aromatic N) is 3. The molecule has 44 heavy (non-hydrogen) atoms. The number of amides is 1. The first kappa shape index (κ1) is 32.9. The number of ether oxygens (including phenoxy) is 1. The maximum absolute atomic E-state index is 13.3. The van der Waals surface area contributed by atoms with E-state index in [2.05, 4.69) is 23.6 Å². The summed E-state index contributed by atoms with van der Waals surface area (Å²) in [7, 11) is -3.44. The highest BCUT2D eigenvalue weighted by Crippen LogP contribution is 2.30. The lowest BCUT2D eigenvalue weighted by atomic mass is 9.90. The molecular formula is C34H41N3O6S. The van der Waals surface area contributed by atoms with Gasteiger partial charge in [-0.25, -0.2) is 13.2 Å². The van der Waals surface area contributed by atoms with Crippen molar-refractivity contribution in [2.45, 2.75) is 61.3 Å². The molecule has 0 N–H and O–H groups in total. The fourth-order valence-corrected chi connectivity index (χ4v) is 7.25. The summed E-state index contributed by atoms with van der Waals surface area (Å²) in [6.07, 6.45) is 4.20. The van der Waals surface area contributed by atoms with Gasteiger partial charge in [-0.3, -0.25) is 10.1 Å². The molecule has 1 fully saturated rings. The zero-order chi connectivity index (χ0) is 31.5. The Balaban J connectivity index is 1.32. The Hall–Kier alpha value is -4.02. The van der Waals surface area contributed by atoms with Gasteiger partial charge in [0.15, 0.2) is 9.84 Å². The van der Waals surface area contributed by atoms with Crippen LogP contribution in [-0.4, -0.2) is 66.7 Å². The Morgan fingerprint density at radius 2 is 1.66 bits per heavy atom. The number of carbonyl (C=O) groups is 1. The van der Waals surface area contributed by atoms with Gasteiger partial charge in [0, 0.05) is 37.8 Å². The van der Waals surface area contributed by atoms with Gasteiger partial charge in [-0.15, -0.1) is 6.58 Å². The fraction of sp³-hybridized carbons (Fsp3) is 0.382. The van der Waals surface area contributed by atoms with Gasteiger partial charge in [0.2, 0.25) is 0 Å². The molecule has 1 aliphatic heterocycles. The Kier molecular flexibility index (Phi) is 11.7. The molecule has 10 heteroatoms. The van der Waals surface area contributed by atoms with Gasteiger partial charge in [-0.05, 0) is 80.5 Å². The molecule has 1 heterocycles. The van der Waals surface area contributed by atoms with Crippen molar-refractivity contribution in [2.75, 3.05) is 26.2 Å². The number of non-ortho nitro benzene ring substituents is 1. The van der Waals surface area contributed by atoms with Gasteiger partial charge >= 0.3 is 6.09 Å². The number of rotatable bonds is 14. The molecule has 0 bridgehead atoms. The maximum atomic E-state index is 13.3. The van der Waals surface area contributed by atoms with Gasteiger partial charge in [0.25, 0.3) is 5.69 Å². The van der Waals surface area contributed by atoms with Crippen LogP contribution in [0.4, 0.5) is 10.5 Å². The standard InChI is InChI=1S/C34H41N3O6S/c1-3-21-36(34(38)43-26-28-14-16-32(17-15-28)37(39)40)31-19-23-35(24-20-31)22-18-30(29-10-6-4-7-11-29)25-27(2)44(41,42)33-12-8-5-9-13-33/h3-17,27,30-31H,1,18-26H2,2H3/t27-,30+/m0/s1. The third-order valence-corrected chi connectivity index (χ3v) is 10.5. The Morgan fingerprint density at radius 3 is 2.25 bits per heavy atom. The van der Waals surface area contributed by atoms with Gasteiger partial charge in [0.1, 0.15) is 6.61 Å². The van der Waals surface area contributed by atoms with Crippen LogP contribution in [0.2, 0.25) is 0 Å². The zero-order valence-electron chi connectivity index (χ0n) is 25.2. The third kappa shape index (κ3) is 8.76. The lowest BCUT2D eigenvalue weighted by Gasteiger charge is -2.38. The molecule has 3 aromatic carbocycles. The van der Waals surface area contributed by atoms with E-state index in [0.717, 1.165) is 44.5 Å². The van der Waals surface area contributed by atoms with Gasteiger partial charge in [-0.2, -0.15) is 0 Å². The summed E-state index contributed by atoms with van der Waals surface area (Å²) in [5, 5.41) is 10.4. The number of benzene rings is 3. The second kappa shape index (κ2) is 15.6. The Labute approximate surface area is 260 Å². The molecule has 0 spiro atoms. The molecular weight excluding hydrogens is 578 g/mol. The quantitative estimate of drug-likeness (QED) is 0.113. The number of carbonyl (C=O) groups excluding carboxylic acids is 1. The summed E-state index contributed by atoms with van der Waals surface area (Å²) in [5.41, 5.74) is 1.81. The smallest absolute Gasteiger partial charge is 0.410 e. The molecule has 2 atom stereocenters. The van der Waals surface area contributed by atoms with E-state index in [0.29, 0.717) is 23.4 Å². The van der Waals surface area contributed by atoms with Crippen LogP contribution < -0.4 is 0 Å². The lowest BCUT2D eigenvalue weighted by molar-refractivity contribution is -0.384. The largest absolute Gasteiger partial charge is 0.445 e. The summed E-state index contributed by atoms with van der Waals surface area (Å²) < 4.78 is 32.1. The van der Waals surface area contributed by atoms with E-state index in [1.165, 1.54) is 12.1 Å². The number of hydrogen-bond acceptors (Lipinski definition) is 7. The van der Waals surface area contributed by atoms with E-state index >= 15 is 0 Å². The van der Waals surface area contributed by atoms with Crippen molar-refractivity contribution in [1.29, 1.82) is 0 Å². The molecule has 9 nitrogen and oxygen atoms in total. The van der Waals surface area contributed by atoms with Crippen LogP contribution >= 0.6 is 0 Å². The highest BCUT2D eigenvalue weighted by atomic mass is 32.2. The lowest BCUT2D eigenvalue weighted by Crippen LogP contribution is -2.47. The first-order chi connectivity index (χ1) is 21.2. The molecule has 1 amide bonds. The fourth-order valence-electron chi connectivity index (χ4n) is 5.76. The van der Waals surface area contributed by atoms with Crippen molar-refractivity contribution in [3.63, 3.8) is 0 Å². The van der Waals surface area contributed by atoms with Gasteiger partial charge in [0.05, 0.1) is 15.1 Å². The molecule has 0 aromatic heterocycles. The molecule has 234 valence electrons. The summed E-state index contributed by atoms with van der Waals surface area (Å²) in [6, 6.07) is 24.8. The first-order valence-electron chi connectivity index (χ1n) is 15.0. The second-order valence-electron chi connectivity index (χ2n) is 11.3. The van der Waals surface area contributed by atoms with E-state index in [1.54, 1.807) is 54.3 Å². The zero-order valence-corrected chi connectivity index (χ0v) is 26.0. The van der Waals surface area contributed by atoms with E-state index in [9.17, 15) is 23.3 Å². The highest BCUT2D eigenvalue weighted by molar-refractivity contribution is 7.92. The Bertz CT molecular complexity index is 1470. The normalized spacial score (nSPS) is 15.7. The van der Waals surface area contributed by atoms with Crippen LogP contribution in [0.5, 0.6) is 0 Å². The van der Waals surface area contributed by atoms with Crippen LogP contribution in [0.25, 0.3) is 0 Å². The number of nitro benzene ring substituents is 1. The van der Waals surface area contributed by atoms with Crippen LogP contribution in [0.1, 0.15) is 49.7 Å². The van der Waals surface area contributed by atoms with Crippen molar-refractivity contribution in [2.24, 2.45) is 0 Å². The minimum atomic E-state index is -3.44. The molecule has 1 aliphatic rings. The minimum absolute atomic E-state index is 0.00886. The van der Waals surface area contributed by atoms with E-state index in [-0.39, 0.29) is 24.3 Å². The maximum Gasteiger partial charge on any atom is 0.410 e. The molecule has 0 aliphatic carbocycles. The number of likely N-dealkylation sites (tertiary alicyclic amines) is 1. The summed E-state index contributed by atoms with van der Waals surface area (Å²) in [4.78, 5) is 27.9. The third-order valence-electron chi connectivity index (χ3n) is 8.35. The minimum Gasteiger partial charge on any atom is -0.445 e. The summed E-state index contributed by atoms with van der Waals surface area (Å²) in [6.45, 7) is 8.47. The van der Waals surface area contributed by atoms with Crippen LogP contribution in [0, 0.1) is 10.1 Å². The molecule has 1 saturated heterocycles. The number of piperidine rings is 1. The molecule has 4 rings (SSSR count). The molecule has 0 radical (unpaired) electrons. The summed E-state index contributed by atoms with van der Waals surface area (Å²) >= 11 is 0. The molecule has 3 aromatic rings. The van der Waals surface area contributed by atoms with Crippen molar-refractivity contribution >= 4 is 21.6 Å². The molecule has 0 saturated carbocycles. The molecule has 0 unspecified atom stereocenters. The Morgan fingerprint density at radius 1 is 1.05 bits per heavy atom. The van der Waals surface area contributed by atoms with E-state index in [4.69, 9.17) is 4.74 Å². The van der Waals surface area contributed by atoms with Crippen molar-refractivity contribution in [1.82, 2.24) is 9.80 Å². The summed E-state index contributed by atoms with van der Waals surface area (Å²) in [5.74, 6) is 0.0917. The van der Waals surface area contributed by atoms with Crippen LogP contribution in [0.3, 0.4) is 0 Å².